The Labute approximate surface area is 144 Å². The Kier molecular flexibility index (Phi) is 6.45. The Morgan fingerprint density at radius 2 is 1.83 bits per heavy atom. The average Bonchev–Trinajstić information content (AvgIpc) is 2.53. The number of carbonyl (C=O) groups excluding carboxylic acids is 1. The molecule has 2 aliphatic carbocycles. The number of nitrogens with one attached hydrogen (secondary N) is 1. The maximum atomic E-state index is 12.4. The number of aliphatic hydroxyl groups excluding tert-OH is 1. The van der Waals surface area contributed by atoms with Gasteiger partial charge in [0, 0.05) is 18.5 Å². The zero-order chi connectivity index (χ0) is 15.5. The summed E-state index contributed by atoms with van der Waals surface area (Å²) in [4.78, 5) is 12.4. The minimum absolute atomic E-state index is 0. The molecule has 1 aromatic rings. The van der Waals surface area contributed by atoms with E-state index in [1.54, 1.807) is 0 Å². The summed E-state index contributed by atoms with van der Waals surface area (Å²) in [5, 5.41) is 13.1. The lowest BCUT2D eigenvalue weighted by Gasteiger charge is -2.43. The van der Waals surface area contributed by atoms with Gasteiger partial charge in [0.1, 0.15) is 0 Å². The second kappa shape index (κ2) is 8.13. The number of hydrogen-bond acceptors (Lipinski definition) is 3. The Balaban J connectivity index is 0.00000192. The van der Waals surface area contributed by atoms with E-state index in [4.69, 9.17) is 5.73 Å². The van der Waals surface area contributed by atoms with Gasteiger partial charge in [0.25, 0.3) is 0 Å². The fraction of sp³-hybridized carbons (Fsp3) is 0.611. The van der Waals surface area contributed by atoms with E-state index in [9.17, 15) is 9.90 Å². The van der Waals surface area contributed by atoms with Gasteiger partial charge in [-0.2, -0.15) is 0 Å². The minimum Gasteiger partial charge on any atom is -0.387 e. The van der Waals surface area contributed by atoms with Crippen molar-refractivity contribution in [3.05, 3.63) is 35.9 Å². The molecule has 3 atom stereocenters. The summed E-state index contributed by atoms with van der Waals surface area (Å²) in [5.41, 5.74) is 7.11. The molecule has 0 aliphatic heterocycles. The summed E-state index contributed by atoms with van der Waals surface area (Å²) in [7, 11) is 0. The molecule has 2 bridgehead atoms. The van der Waals surface area contributed by atoms with E-state index in [0.717, 1.165) is 31.2 Å². The van der Waals surface area contributed by atoms with Crippen molar-refractivity contribution >= 4 is 18.3 Å². The fourth-order valence-electron chi connectivity index (χ4n) is 4.14. The normalized spacial score (nSPS) is 30.9. The smallest absolute Gasteiger partial charge is 0.223 e. The van der Waals surface area contributed by atoms with E-state index >= 15 is 0 Å². The Morgan fingerprint density at radius 3 is 2.43 bits per heavy atom. The van der Waals surface area contributed by atoms with E-state index in [0.29, 0.717) is 11.8 Å². The molecular formula is C18H27ClN2O2. The van der Waals surface area contributed by atoms with Crippen LogP contribution in [0.1, 0.15) is 43.8 Å². The van der Waals surface area contributed by atoms with Crippen molar-refractivity contribution in [1.29, 1.82) is 0 Å². The van der Waals surface area contributed by atoms with Crippen molar-refractivity contribution in [3.63, 3.8) is 0 Å². The lowest BCUT2D eigenvalue weighted by molar-refractivity contribution is -0.128. The summed E-state index contributed by atoms with van der Waals surface area (Å²) >= 11 is 0. The molecule has 2 aliphatic rings. The SMILES string of the molecule is Cl.NC1C2CCCC1CC(C(=O)NCC(O)c1ccccc1)C2. The van der Waals surface area contributed by atoms with Crippen LogP contribution >= 0.6 is 12.4 Å². The number of fused-ring (bicyclic) bond motifs is 2. The zero-order valence-electron chi connectivity index (χ0n) is 13.4. The number of rotatable bonds is 4. The van der Waals surface area contributed by atoms with Gasteiger partial charge in [0.05, 0.1) is 6.10 Å². The molecule has 0 heterocycles. The van der Waals surface area contributed by atoms with Crippen LogP contribution in [0, 0.1) is 17.8 Å². The predicted molar refractivity (Wildman–Crippen MR) is 93.2 cm³/mol. The Hall–Kier alpha value is -1.10. The van der Waals surface area contributed by atoms with E-state index in [2.05, 4.69) is 5.32 Å². The molecule has 3 unspecified atom stereocenters. The number of halogens is 1. The molecule has 1 aromatic carbocycles. The lowest BCUT2D eigenvalue weighted by atomic mass is 9.65. The first-order chi connectivity index (χ1) is 10.6. The summed E-state index contributed by atoms with van der Waals surface area (Å²) < 4.78 is 0. The maximum absolute atomic E-state index is 12.4. The molecule has 3 rings (SSSR count). The summed E-state index contributed by atoms with van der Waals surface area (Å²) in [6.45, 7) is 0.279. The Bertz CT molecular complexity index is 497. The van der Waals surface area contributed by atoms with Gasteiger partial charge in [0.2, 0.25) is 5.91 Å². The monoisotopic (exact) mass is 338 g/mol. The van der Waals surface area contributed by atoms with Gasteiger partial charge in [-0.3, -0.25) is 4.79 Å². The molecule has 4 nitrogen and oxygen atoms in total. The molecule has 1 amide bonds. The third kappa shape index (κ3) is 4.25. The number of benzene rings is 1. The molecule has 23 heavy (non-hydrogen) atoms. The summed E-state index contributed by atoms with van der Waals surface area (Å²) in [6.07, 6.45) is 4.75. The number of hydrogen-bond donors (Lipinski definition) is 3. The van der Waals surface area contributed by atoms with Crippen LogP contribution in [0.2, 0.25) is 0 Å². The lowest BCUT2D eigenvalue weighted by Crippen LogP contribution is -2.49. The molecule has 0 spiro atoms. The standard InChI is InChI=1S/C18H26N2O2.ClH/c19-17-13-7-4-8-14(17)10-15(9-13)18(22)20-11-16(21)12-5-2-1-3-6-12;/h1-3,5-6,13-17,21H,4,7-11,19H2,(H,20,22);1H. The molecule has 0 radical (unpaired) electrons. The van der Waals surface area contributed by atoms with Crippen molar-refractivity contribution in [2.75, 3.05) is 6.54 Å². The van der Waals surface area contributed by atoms with Gasteiger partial charge in [-0.15, -0.1) is 12.4 Å². The van der Waals surface area contributed by atoms with E-state index in [1.807, 2.05) is 30.3 Å². The first-order valence-corrected chi connectivity index (χ1v) is 8.41. The topological polar surface area (TPSA) is 75.4 Å². The first-order valence-electron chi connectivity index (χ1n) is 8.41. The van der Waals surface area contributed by atoms with Crippen LogP contribution in [-0.4, -0.2) is 23.6 Å². The predicted octanol–water partition coefficient (Wildman–Crippen LogP) is 2.41. The van der Waals surface area contributed by atoms with Gasteiger partial charge in [-0.05, 0) is 43.1 Å². The summed E-state index contributed by atoms with van der Waals surface area (Å²) in [6, 6.07) is 9.74. The van der Waals surface area contributed by atoms with Gasteiger partial charge in [-0.1, -0.05) is 36.8 Å². The van der Waals surface area contributed by atoms with Crippen molar-refractivity contribution in [2.45, 2.75) is 44.2 Å². The van der Waals surface area contributed by atoms with Gasteiger partial charge in [0.15, 0.2) is 0 Å². The molecule has 5 heteroatoms. The molecule has 0 saturated heterocycles. The number of amides is 1. The quantitative estimate of drug-likeness (QED) is 0.789. The molecule has 2 saturated carbocycles. The average molecular weight is 339 g/mol. The second-order valence-electron chi connectivity index (χ2n) is 6.87. The molecule has 0 aromatic heterocycles. The number of aliphatic hydroxyl groups is 1. The van der Waals surface area contributed by atoms with E-state index < -0.39 is 6.10 Å². The number of nitrogens with two attached hydrogens (primary N) is 1. The highest BCUT2D eigenvalue weighted by Gasteiger charge is 2.40. The van der Waals surface area contributed by atoms with E-state index in [-0.39, 0.29) is 36.8 Å². The zero-order valence-corrected chi connectivity index (χ0v) is 14.2. The van der Waals surface area contributed by atoms with Crippen molar-refractivity contribution in [1.82, 2.24) is 5.32 Å². The Morgan fingerprint density at radius 1 is 1.22 bits per heavy atom. The van der Waals surface area contributed by atoms with Gasteiger partial charge in [-0.25, -0.2) is 0 Å². The van der Waals surface area contributed by atoms with Crippen molar-refractivity contribution in [3.8, 4) is 0 Å². The summed E-state index contributed by atoms with van der Waals surface area (Å²) in [5.74, 6) is 1.15. The number of carbonyl (C=O) groups is 1. The highest BCUT2D eigenvalue weighted by atomic mass is 35.5. The highest BCUT2D eigenvalue weighted by Crippen LogP contribution is 2.41. The fourth-order valence-corrected chi connectivity index (χ4v) is 4.14. The molecule has 2 fully saturated rings. The van der Waals surface area contributed by atoms with E-state index in [1.165, 1.54) is 6.42 Å². The first kappa shape index (κ1) is 18.2. The van der Waals surface area contributed by atoms with Crippen molar-refractivity contribution < 1.29 is 9.90 Å². The van der Waals surface area contributed by atoms with Crippen LogP contribution in [0.4, 0.5) is 0 Å². The minimum atomic E-state index is -0.643. The maximum Gasteiger partial charge on any atom is 0.223 e. The van der Waals surface area contributed by atoms with Crippen LogP contribution in [-0.2, 0) is 4.79 Å². The van der Waals surface area contributed by atoms with Gasteiger partial charge >= 0.3 is 0 Å². The van der Waals surface area contributed by atoms with Crippen LogP contribution in [0.25, 0.3) is 0 Å². The van der Waals surface area contributed by atoms with Crippen molar-refractivity contribution in [2.24, 2.45) is 23.5 Å². The second-order valence-corrected chi connectivity index (χ2v) is 6.87. The third-order valence-electron chi connectivity index (χ3n) is 5.44. The third-order valence-corrected chi connectivity index (χ3v) is 5.44. The van der Waals surface area contributed by atoms with Crippen LogP contribution in [0.3, 0.4) is 0 Å². The highest BCUT2D eigenvalue weighted by molar-refractivity contribution is 5.85. The largest absolute Gasteiger partial charge is 0.387 e. The molecule has 4 N–H and O–H groups in total. The van der Waals surface area contributed by atoms with Crippen LogP contribution < -0.4 is 11.1 Å². The van der Waals surface area contributed by atoms with Crippen LogP contribution in [0.15, 0.2) is 30.3 Å². The van der Waals surface area contributed by atoms with Crippen LogP contribution in [0.5, 0.6) is 0 Å². The van der Waals surface area contributed by atoms with Gasteiger partial charge < -0.3 is 16.2 Å². The molecular weight excluding hydrogens is 312 g/mol. The molecule has 128 valence electrons.